The molecule has 2 heterocycles. The lowest BCUT2D eigenvalue weighted by Crippen LogP contribution is -2.11. The molecule has 1 amide bonds. The molecule has 0 aliphatic carbocycles. The molecule has 6 nitrogen and oxygen atoms in total. The number of amides is 1. The molecule has 0 radical (unpaired) electrons. The highest BCUT2D eigenvalue weighted by Gasteiger charge is 2.15. The van der Waals surface area contributed by atoms with Crippen molar-refractivity contribution in [2.75, 3.05) is 11.6 Å². The molecule has 142 valence electrons. The second-order valence-corrected chi connectivity index (χ2v) is 9.82. The lowest BCUT2D eigenvalue weighted by atomic mass is 10.2. The second-order valence-electron chi connectivity index (χ2n) is 5.92. The molecular weight excluding hydrogens is 421 g/mol. The molecule has 4 rings (SSSR count). The van der Waals surface area contributed by atoms with Crippen LogP contribution in [0.1, 0.15) is 10.5 Å². The highest BCUT2D eigenvalue weighted by molar-refractivity contribution is 7.90. The first-order valence-electron chi connectivity index (χ1n) is 7.93. The van der Waals surface area contributed by atoms with Crippen molar-refractivity contribution in [3.8, 4) is 10.6 Å². The van der Waals surface area contributed by atoms with Crippen molar-refractivity contribution in [1.29, 1.82) is 0 Å². The maximum absolute atomic E-state index is 13.0. The van der Waals surface area contributed by atoms with Gasteiger partial charge in [-0.3, -0.25) is 10.1 Å². The minimum Gasteiger partial charge on any atom is -0.296 e. The molecule has 0 saturated heterocycles. The largest absolute Gasteiger partial charge is 0.296 e. The third-order valence-corrected chi connectivity index (χ3v) is 6.77. The number of nitrogens with one attached hydrogen (secondary N) is 1. The molecular formula is C18H12FN3O3S3. The quantitative estimate of drug-likeness (QED) is 0.521. The Morgan fingerprint density at radius 1 is 1.11 bits per heavy atom. The Labute approximate surface area is 167 Å². The van der Waals surface area contributed by atoms with Gasteiger partial charge in [0.2, 0.25) is 0 Å². The number of hydrogen-bond acceptors (Lipinski definition) is 7. The van der Waals surface area contributed by atoms with Gasteiger partial charge >= 0.3 is 0 Å². The summed E-state index contributed by atoms with van der Waals surface area (Å²) in [5, 5.41) is 5.25. The highest BCUT2D eigenvalue weighted by atomic mass is 32.2. The highest BCUT2D eigenvalue weighted by Crippen LogP contribution is 2.29. The van der Waals surface area contributed by atoms with Crippen LogP contribution in [0.4, 0.5) is 9.52 Å². The van der Waals surface area contributed by atoms with Crippen LogP contribution in [0.5, 0.6) is 0 Å². The molecule has 0 aliphatic heterocycles. The standard InChI is InChI=1S/C18H12FN3O3S3/c1-28(24,25)12-6-7-13-15(8-12)27-18(21-13)22-16(23)14-9-26-17(20-14)10-2-4-11(19)5-3-10/h2-9H,1H3,(H,21,22,23). The summed E-state index contributed by atoms with van der Waals surface area (Å²) in [6.45, 7) is 0. The first kappa shape index (κ1) is 18.7. The molecule has 2 aromatic carbocycles. The molecule has 0 spiro atoms. The number of carbonyl (C=O) groups is 1. The van der Waals surface area contributed by atoms with Crippen molar-refractivity contribution in [3.63, 3.8) is 0 Å². The van der Waals surface area contributed by atoms with Crippen molar-refractivity contribution in [3.05, 3.63) is 59.4 Å². The van der Waals surface area contributed by atoms with Crippen LogP contribution in [0.2, 0.25) is 0 Å². The number of hydrogen-bond donors (Lipinski definition) is 1. The van der Waals surface area contributed by atoms with Crippen molar-refractivity contribution >= 4 is 53.8 Å². The Bertz CT molecular complexity index is 1290. The third kappa shape index (κ3) is 3.79. The van der Waals surface area contributed by atoms with Gasteiger partial charge in [0.15, 0.2) is 15.0 Å². The second kappa shape index (κ2) is 7.04. The molecule has 0 aliphatic rings. The van der Waals surface area contributed by atoms with Crippen molar-refractivity contribution in [1.82, 2.24) is 9.97 Å². The summed E-state index contributed by atoms with van der Waals surface area (Å²) in [6, 6.07) is 10.5. The number of carbonyl (C=O) groups excluding carboxylic acids is 1. The number of fused-ring (bicyclic) bond motifs is 1. The summed E-state index contributed by atoms with van der Waals surface area (Å²) in [6.07, 6.45) is 1.14. The maximum atomic E-state index is 13.0. The number of benzene rings is 2. The van der Waals surface area contributed by atoms with Gasteiger partial charge in [-0.1, -0.05) is 11.3 Å². The Balaban J connectivity index is 1.56. The SMILES string of the molecule is CS(=O)(=O)c1ccc2nc(NC(=O)c3csc(-c4ccc(F)cc4)n3)sc2c1. The predicted molar refractivity (Wildman–Crippen MR) is 108 cm³/mol. The fourth-order valence-corrected chi connectivity index (χ4v) is 4.88. The van der Waals surface area contributed by atoms with E-state index in [2.05, 4.69) is 15.3 Å². The zero-order valence-corrected chi connectivity index (χ0v) is 16.8. The van der Waals surface area contributed by atoms with Gasteiger partial charge < -0.3 is 0 Å². The Morgan fingerprint density at radius 2 is 1.86 bits per heavy atom. The van der Waals surface area contributed by atoms with Crippen LogP contribution >= 0.6 is 22.7 Å². The van der Waals surface area contributed by atoms with E-state index in [1.54, 1.807) is 23.6 Å². The van der Waals surface area contributed by atoms with Crippen molar-refractivity contribution < 1.29 is 17.6 Å². The minimum atomic E-state index is -3.32. The summed E-state index contributed by atoms with van der Waals surface area (Å²) in [5.41, 5.74) is 1.54. The number of sulfone groups is 1. The fourth-order valence-electron chi connectivity index (χ4n) is 2.45. The minimum absolute atomic E-state index is 0.199. The molecule has 0 fully saturated rings. The topological polar surface area (TPSA) is 89.0 Å². The number of rotatable bonds is 4. The van der Waals surface area contributed by atoms with Crippen LogP contribution in [-0.2, 0) is 9.84 Å². The van der Waals surface area contributed by atoms with E-state index < -0.39 is 15.7 Å². The van der Waals surface area contributed by atoms with Gasteiger partial charge in [0.05, 0.1) is 15.1 Å². The first-order valence-corrected chi connectivity index (χ1v) is 11.5. The summed E-state index contributed by atoms with van der Waals surface area (Å²) in [5.74, 6) is -0.764. The molecule has 0 bridgehead atoms. The lowest BCUT2D eigenvalue weighted by Gasteiger charge is -1.97. The molecule has 4 aromatic rings. The smallest absolute Gasteiger partial charge is 0.276 e. The van der Waals surface area contributed by atoms with E-state index >= 15 is 0 Å². The average Bonchev–Trinajstić information content (AvgIpc) is 3.27. The predicted octanol–water partition coefficient (Wildman–Crippen LogP) is 4.21. The van der Waals surface area contributed by atoms with Gasteiger partial charge in [-0.05, 0) is 42.5 Å². The normalized spacial score (nSPS) is 11.6. The van der Waals surface area contributed by atoms with E-state index in [1.807, 2.05) is 0 Å². The number of halogens is 1. The summed E-state index contributed by atoms with van der Waals surface area (Å²) < 4.78 is 37.0. The molecule has 0 saturated carbocycles. The Hall–Kier alpha value is -2.69. The van der Waals surface area contributed by atoms with Crippen molar-refractivity contribution in [2.24, 2.45) is 0 Å². The first-order chi connectivity index (χ1) is 13.3. The monoisotopic (exact) mass is 433 g/mol. The van der Waals surface area contributed by atoms with E-state index in [0.29, 0.717) is 20.4 Å². The van der Waals surface area contributed by atoms with Crippen LogP contribution in [0.25, 0.3) is 20.8 Å². The molecule has 28 heavy (non-hydrogen) atoms. The summed E-state index contributed by atoms with van der Waals surface area (Å²) >= 11 is 2.46. The van der Waals surface area contributed by atoms with E-state index in [0.717, 1.165) is 11.8 Å². The van der Waals surface area contributed by atoms with E-state index in [1.165, 1.54) is 46.9 Å². The molecule has 1 N–H and O–H groups in total. The van der Waals surface area contributed by atoms with E-state index in [-0.39, 0.29) is 16.4 Å². The number of nitrogens with zero attached hydrogens (tertiary/aromatic N) is 2. The Morgan fingerprint density at radius 3 is 2.57 bits per heavy atom. The van der Waals surface area contributed by atoms with Crippen LogP contribution < -0.4 is 5.32 Å². The average molecular weight is 434 g/mol. The zero-order valence-electron chi connectivity index (χ0n) is 14.3. The maximum Gasteiger partial charge on any atom is 0.276 e. The van der Waals surface area contributed by atoms with Gasteiger partial charge in [-0.2, -0.15) is 0 Å². The van der Waals surface area contributed by atoms with Crippen LogP contribution in [-0.4, -0.2) is 30.5 Å². The van der Waals surface area contributed by atoms with E-state index in [4.69, 9.17) is 0 Å². The zero-order chi connectivity index (χ0) is 19.9. The van der Waals surface area contributed by atoms with Gasteiger partial charge in [0, 0.05) is 17.2 Å². The van der Waals surface area contributed by atoms with Gasteiger partial charge in [0.1, 0.15) is 16.5 Å². The molecule has 0 unspecified atom stereocenters. The van der Waals surface area contributed by atoms with Gasteiger partial charge in [-0.15, -0.1) is 11.3 Å². The molecule has 2 aromatic heterocycles. The third-order valence-electron chi connectivity index (χ3n) is 3.84. The molecule has 0 atom stereocenters. The van der Waals surface area contributed by atoms with Crippen LogP contribution in [0.15, 0.2) is 52.7 Å². The Kier molecular flexibility index (Phi) is 4.69. The summed E-state index contributed by atoms with van der Waals surface area (Å²) in [4.78, 5) is 21.2. The van der Waals surface area contributed by atoms with Gasteiger partial charge in [0.25, 0.3) is 5.91 Å². The number of anilines is 1. The lowest BCUT2D eigenvalue weighted by molar-refractivity contribution is 0.102. The summed E-state index contributed by atoms with van der Waals surface area (Å²) in [7, 11) is -3.32. The van der Waals surface area contributed by atoms with Crippen molar-refractivity contribution in [2.45, 2.75) is 4.90 Å². The fraction of sp³-hybridized carbons (Fsp3) is 0.0556. The number of aromatic nitrogens is 2. The van der Waals surface area contributed by atoms with Crippen LogP contribution in [0.3, 0.4) is 0 Å². The van der Waals surface area contributed by atoms with E-state index in [9.17, 15) is 17.6 Å². The van der Waals surface area contributed by atoms with Crippen LogP contribution in [0, 0.1) is 5.82 Å². The number of thiazole rings is 2. The van der Waals surface area contributed by atoms with Gasteiger partial charge in [-0.25, -0.2) is 22.8 Å². The molecule has 10 heteroatoms.